The second-order valence-electron chi connectivity index (χ2n) is 5.08. The van der Waals surface area contributed by atoms with E-state index in [1.807, 2.05) is 0 Å². The summed E-state index contributed by atoms with van der Waals surface area (Å²) in [7, 11) is -4.51. The van der Waals surface area contributed by atoms with Gasteiger partial charge in [-0.3, -0.25) is 14.5 Å². The number of ether oxygens (including phenoxy) is 1. The van der Waals surface area contributed by atoms with Crippen molar-refractivity contribution in [3.63, 3.8) is 0 Å². The first kappa shape index (κ1) is 17.8. The standard InChI is InChI=1S/C15H8BrF3N2O3S/c16-13-10(24-9-4-7(6-20)3-8(17)5-9)1-2-11-12(13)14(21)15(18,19)25(11,22)23/h1-5,21-23H. The van der Waals surface area contributed by atoms with E-state index in [9.17, 15) is 22.3 Å². The summed E-state index contributed by atoms with van der Waals surface area (Å²) in [5.74, 6) is -0.828. The number of hydrogen-bond donors (Lipinski definition) is 3. The van der Waals surface area contributed by atoms with Crippen LogP contribution in [0.5, 0.6) is 11.5 Å². The van der Waals surface area contributed by atoms with Crippen molar-refractivity contribution in [3.05, 3.63) is 51.7 Å². The summed E-state index contributed by atoms with van der Waals surface area (Å²) < 4.78 is 66.2. The maximum absolute atomic E-state index is 14.0. The Morgan fingerprint density at radius 1 is 1.24 bits per heavy atom. The summed E-state index contributed by atoms with van der Waals surface area (Å²) in [6, 6.07) is 7.19. The Hall–Kier alpha value is -2.06. The van der Waals surface area contributed by atoms with Crippen LogP contribution in [0.25, 0.3) is 0 Å². The third kappa shape index (κ3) is 2.60. The summed E-state index contributed by atoms with van der Waals surface area (Å²) >= 11 is 3.02. The van der Waals surface area contributed by atoms with Crippen molar-refractivity contribution in [2.45, 2.75) is 10.2 Å². The lowest BCUT2D eigenvalue weighted by atomic mass is 10.1. The molecule has 0 aromatic heterocycles. The summed E-state index contributed by atoms with van der Waals surface area (Å²) in [5, 5.41) is 12.3. The smallest absolute Gasteiger partial charge is 0.385 e. The second kappa shape index (κ2) is 5.74. The van der Waals surface area contributed by atoms with Gasteiger partial charge in [0.15, 0.2) is 0 Å². The average molecular weight is 433 g/mol. The van der Waals surface area contributed by atoms with Crippen LogP contribution in [-0.2, 0) is 0 Å². The zero-order valence-electron chi connectivity index (χ0n) is 12.1. The van der Waals surface area contributed by atoms with E-state index in [0.29, 0.717) is 0 Å². The largest absolute Gasteiger partial charge is 0.456 e. The SMILES string of the molecule is N#Cc1cc(F)cc(Oc2ccc3c(c2Br)C(=N)C(F)(F)S3(O)O)c1. The van der Waals surface area contributed by atoms with Crippen LogP contribution in [0.2, 0.25) is 0 Å². The van der Waals surface area contributed by atoms with Crippen LogP contribution in [0.15, 0.2) is 39.7 Å². The van der Waals surface area contributed by atoms with E-state index in [4.69, 9.17) is 15.4 Å². The topological polar surface area (TPSA) is 97.3 Å². The molecule has 0 saturated carbocycles. The minimum atomic E-state index is -4.51. The number of benzene rings is 2. The van der Waals surface area contributed by atoms with Gasteiger partial charge in [0, 0.05) is 11.6 Å². The van der Waals surface area contributed by atoms with Crippen molar-refractivity contribution in [3.8, 4) is 17.6 Å². The molecule has 10 heteroatoms. The molecule has 0 atom stereocenters. The average Bonchev–Trinajstić information content (AvgIpc) is 2.67. The highest BCUT2D eigenvalue weighted by molar-refractivity contribution is 9.10. The van der Waals surface area contributed by atoms with E-state index in [2.05, 4.69) is 15.9 Å². The predicted molar refractivity (Wildman–Crippen MR) is 88.2 cm³/mol. The lowest BCUT2D eigenvalue weighted by Crippen LogP contribution is -2.27. The lowest BCUT2D eigenvalue weighted by Gasteiger charge is -2.33. The van der Waals surface area contributed by atoms with Crippen LogP contribution in [0.4, 0.5) is 13.2 Å². The number of hydrogen-bond acceptors (Lipinski definition) is 5. The Morgan fingerprint density at radius 2 is 1.92 bits per heavy atom. The normalized spacial score (nSPS) is 18.4. The molecule has 25 heavy (non-hydrogen) atoms. The molecule has 3 N–H and O–H groups in total. The maximum Gasteiger partial charge on any atom is 0.385 e. The summed E-state index contributed by atoms with van der Waals surface area (Å²) in [5.41, 5.74) is -1.64. The van der Waals surface area contributed by atoms with E-state index >= 15 is 0 Å². The first-order chi connectivity index (χ1) is 11.6. The van der Waals surface area contributed by atoms with Crippen LogP contribution < -0.4 is 4.74 Å². The summed E-state index contributed by atoms with van der Waals surface area (Å²) in [4.78, 5) is -0.473. The van der Waals surface area contributed by atoms with Gasteiger partial charge in [-0.1, -0.05) is 0 Å². The molecule has 1 aliphatic heterocycles. The molecule has 1 heterocycles. The molecule has 3 rings (SSSR count). The van der Waals surface area contributed by atoms with Gasteiger partial charge in [0.25, 0.3) is 0 Å². The van der Waals surface area contributed by atoms with Crippen molar-refractivity contribution >= 4 is 32.2 Å². The Balaban J connectivity index is 2.09. The molecule has 0 amide bonds. The Morgan fingerprint density at radius 3 is 2.56 bits per heavy atom. The van der Waals surface area contributed by atoms with Gasteiger partial charge >= 0.3 is 5.25 Å². The molecule has 2 aromatic rings. The molecule has 2 aromatic carbocycles. The molecular weight excluding hydrogens is 425 g/mol. The fourth-order valence-electron chi connectivity index (χ4n) is 2.33. The zero-order valence-corrected chi connectivity index (χ0v) is 14.5. The van der Waals surface area contributed by atoms with Gasteiger partial charge in [-0.25, -0.2) is 4.39 Å². The molecule has 1 aliphatic rings. The van der Waals surface area contributed by atoms with Crippen LogP contribution in [0.1, 0.15) is 11.1 Å². The quantitative estimate of drug-likeness (QED) is 0.596. The molecule has 0 spiro atoms. The molecule has 0 unspecified atom stereocenters. The van der Waals surface area contributed by atoms with Crippen molar-refractivity contribution in [2.75, 3.05) is 0 Å². The first-order valence-corrected chi connectivity index (χ1v) is 8.89. The number of nitriles is 1. The van der Waals surface area contributed by atoms with E-state index in [0.717, 1.165) is 18.2 Å². The monoisotopic (exact) mass is 432 g/mol. The van der Waals surface area contributed by atoms with Gasteiger partial charge in [-0.05, 0) is 40.2 Å². The fraction of sp³-hybridized carbons (Fsp3) is 0.0667. The lowest BCUT2D eigenvalue weighted by molar-refractivity contribution is 0.156. The van der Waals surface area contributed by atoms with Gasteiger partial charge in [0.05, 0.1) is 21.0 Å². The van der Waals surface area contributed by atoms with Crippen molar-refractivity contribution in [1.29, 1.82) is 10.7 Å². The van der Waals surface area contributed by atoms with Gasteiger partial charge in [0.2, 0.25) is 0 Å². The Labute approximate surface area is 149 Å². The number of halogens is 4. The number of rotatable bonds is 2. The van der Waals surface area contributed by atoms with E-state index < -0.39 is 32.3 Å². The molecule has 0 fully saturated rings. The maximum atomic E-state index is 14.0. The van der Waals surface area contributed by atoms with Gasteiger partial charge in [-0.2, -0.15) is 14.0 Å². The number of nitrogens with one attached hydrogen (secondary N) is 1. The molecule has 0 bridgehead atoms. The highest BCUT2D eigenvalue weighted by atomic mass is 79.9. The minimum absolute atomic E-state index is 0.000682. The van der Waals surface area contributed by atoms with Crippen molar-refractivity contribution < 1.29 is 27.0 Å². The number of alkyl halides is 2. The van der Waals surface area contributed by atoms with E-state index in [1.54, 1.807) is 6.07 Å². The van der Waals surface area contributed by atoms with Gasteiger partial charge in [-0.15, -0.1) is 10.6 Å². The fourth-order valence-corrected chi connectivity index (χ4v) is 4.49. The van der Waals surface area contributed by atoms with Crippen molar-refractivity contribution in [2.24, 2.45) is 0 Å². The third-order valence-corrected chi connectivity index (χ3v) is 6.16. The zero-order chi connectivity index (χ0) is 18.6. The Bertz CT molecular complexity index is 960. The second-order valence-corrected chi connectivity index (χ2v) is 7.92. The molecule has 0 saturated heterocycles. The highest BCUT2D eigenvalue weighted by Crippen LogP contribution is 2.68. The third-order valence-electron chi connectivity index (χ3n) is 3.50. The Kier molecular flexibility index (Phi) is 4.08. The highest BCUT2D eigenvalue weighted by Gasteiger charge is 2.58. The van der Waals surface area contributed by atoms with Gasteiger partial charge in [0.1, 0.15) is 23.0 Å². The minimum Gasteiger partial charge on any atom is -0.456 e. The van der Waals surface area contributed by atoms with Crippen molar-refractivity contribution in [1.82, 2.24) is 0 Å². The van der Waals surface area contributed by atoms with E-state index in [-0.39, 0.29) is 27.1 Å². The van der Waals surface area contributed by atoms with Crippen LogP contribution in [-0.4, -0.2) is 20.1 Å². The first-order valence-electron chi connectivity index (χ1n) is 6.55. The van der Waals surface area contributed by atoms with Crippen LogP contribution in [0.3, 0.4) is 0 Å². The van der Waals surface area contributed by atoms with E-state index in [1.165, 1.54) is 12.1 Å². The molecular formula is C15H8BrF3N2O3S. The molecule has 0 aliphatic carbocycles. The molecule has 130 valence electrons. The van der Waals surface area contributed by atoms with Gasteiger partial charge < -0.3 is 4.74 Å². The molecule has 5 nitrogen and oxygen atoms in total. The van der Waals surface area contributed by atoms with Crippen LogP contribution in [0, 0.1) is 22.6 Å². The molecule has 0 radical (unpaired) electrons. The van der Waals surface area contributed by atoms with Crippen LogP contribution >= 0.6 is 26.5 Å². The predicted octanol–water partition coefficient (Wildman–Crippen LogP) is 5.34. The summed E-state index contributed by atoms with van der Waals surface area (Å²) in [6.07, 6.45) is 0. The number of nitrogens with zero attached hydrogens (tertiary/aromatic N) is 1. The summed E-state index contributed by atoms with van der Waals surface area (Å²) in [6.45, 7) is 0. The number of fused-ring (bicyclic) bond motifs is 1.